The molecule has 1 atom stereocenters. The highest BCUT2D eigenvalue weighted by Crippen LogP contribution is 2.12. The van der Waals surface area contributed by atoms with Gasteiger partial charge in [-0.2, -0.15) is 0 Å². The molecule has 0 radical (unpaired) electrons. The van der Waals surface area contributed by atoms with Crippen molar-refractivity contribution in [1.29, 1.82) is 0 Å². The van der Waals surface area contributed by atoms with Crippen molar-refractivity contribution in [3.63, 3.8) is 0 Å². The van der Waals surface area contributed by atoms with Gasteiger partial charge in [0.2, 0.25) is 5.91 Å². The summed E-state index contributed by atoms with van der Waals surface area (Å²) in [4.78, 5) is 11.7. The molecular weight excluding hydrogens is 280 g/mol. The summed E-state index contributed by atoms with van der Waals surface area (Å²) in [6, 6.07) is 8.19. The first-order valence-corrected chi connectivity index (χ1v) is 6.78. The molecule has 3 nitrogen and oxygen atoms in total. The fourth-order valence-corrected chi connectivity index (χ4v) is 2.49. The molecule has 0 bridgehead atoms. The van der Waals surface area contributed by atoms with Gasteiger partial charge in [0.1, 0.15) is 0 Å². The van der Waals surface area contributed by atoms with Crippen molar-refractivity contribution in [3.05, 3.63) is 34.3 Å². The summed E-state index contributed by atoms with van der Waals surface area (Å²) in [6.07, 6.45) is 1.84. The van der Waals surface area contributed by atoms with Crippen molar-refractivity contribution in [2.75, 3.05) is 19.6 Å². The van der Waals surface area contributed by atoms with E-state index >= 15 is 0 Å². The fourth-order valence-electron chi connectivity index (χ4n) is 2.05. The van der Waals surface area contributed by atoms with Crippen molar-refractivity contribution >= 4 is 21.8 Å². The molecule has 17 heavy (non-hydrogen) atoms. The zero-order valence-electron chi connectivity index (χ0n) is 9.71. The number of carbonyl (C=O) groups is 1. The number of benzene rings is 1. The number of rotatable bonds is 4. The lowest BCUT2D eigenvalue weighted by atomic mass is 10.1. The van der Waals surface area contributed by atoms with E-state index in [1.54, 1.807) is 0 Å². The van der Waals surface area contributed by atoms with Gasteiger partial charge >= 0.3 is 0 Å². The Bertz CT molecular complexity index is 389. The molecule has 2 N–H and O–H groups in total. The van der Waals surface area contributed by atoms with E-state index in [0.29, 0.717) is 6.54 Å². The maximum absolute atomic E-state index is 11.7. The van der Waals surface area contributed by atoms with Crippen LogP contribution >= 0.6 is 15.9 Å². The Morgan fingerprint density at radius 3 is 3.12 bits per heavy atom. The summed E-state index contributed by atoms with van der Waals surface area (Å²) in [6.45, 7) is 2.50. The van der Waals surface area contributed by atoms with Crippen molar-refractivity contribution in [2.24, 2.45) is 5.92 Å². The number of halogens is 1. The predicted molar refractivity (Wildman–Crippen MR) is 71.8 cm³/mol. The van der Waals surface area contributed by atoms with Gasteiger partial charge in [0.05, 0.1) is 5.92 Å². The Morgan fingerprint density at radius 1 is 1.53 bits per heavy atom. The number of amides is 1. The van der Waals surface area contributed by atoms with Crippen LogP contribution in [0.15, 0.2) is 28.7 Å². The average molecular weight is 297 g/mol. The van der Waals surface area contributed by atoms with Gasteiger partial charge in [-0.1, -0.05) is 28.1 Å². The third kappa shape index (κ3) is 3.82. The van der Waals surface area contributed by atoms with Gasteiger partial charge in [-0.25, -0.2) is 0 Å². The molecule has 1 aromatic rings. The van der Waals surface area contributed by atoms with Crippen LogP contribution in [0.25, 0.3) is 0 Å². The third-order valence-electron chi connectivity index (χ3n) is 3.03. The van der Waals surface area contributed by atoms with Gasteiger partial charge in [0.25, 0.3) is 0 Å². The summed E-state index contributed by atoms with van der Waals surface area (Å²) < 4.78 is 1.08. The summed E-state index contributed by atoms with van der Waals surface area (Å²) in [5, 5.41) is 6.20. The maximum Gasteiger partial charge on any atom is 0.224 e. The van der Waals surface area contributed by atoms with E-state index in [2.05, 4.69) is 38.7 Å². The molecule has 1 saturated heterocycles. The second-order valence-corrected chi connectivity index (χ2v) is 5.28. The van der Waals surface area contributed by atoms with Crippen LogP contribution in [0.2, 0.25) is 0 Å². The second-order valence-electron chi connectivity index (χ2n) is 4.36. The Balaban J connectivity index is 1.73. The van der Waals surface area contributed by atoms with E-state index in [9.17, 15) is 4.79 Å². The highest BCUT2D eigenvalue weighted by Gasteiger charge is 2.21. The topological polar surface area (TPSA) is 41.1 Å². The van der Waals surface area contributed by atoms with Crippen molar-refractivity contribution in [1.82, 2.24) is 10.6 Å². The van der Waals surface area contributed by atoms with Gasteiger partial charge in [-0.15, -0.1) is 0 Å². The molecule has 0 aromatic heterocycles. The summed E-state index contributed by atoms with van der Waals surface area (Å²) in [7, 11) is 0. The van der Waals surface area contributed by atoms with Gasteiger partial charge in [-0.05, 0) is 37.1 Å². The molecule has 92 valence electrons. The molecule has 1 aliphatic heterocycles. The van der Waals surface area contributed by atoms with E-state index in [4.69, 9.17) is 0 Å². The van der Waals surface area contributed by atoms with E-state index in [-0.39, 0.29) is 11.8 Å². The van der Waals surface area contributed by atoms with Crippen molar-refractivity contribution in [3.8, 4) is 0 Å². The first-order valence-electron chi connectivity index (χ1n) is 5.98. The molecular formula is C13H17BrN2O. The van der Waals surface area contributed by atoms with Crippen LogP contribution in [0.4, 0.5) is 0 Å². The van der Waals surface area contributed by atoms with Crippen LogP contribution in [0.1, 0.15) is 12.0 Å². The van der Waals surface area contributed by atoms with E-state index in [1.165, 1.54) is 5.56 Å². The third-order valence-corrected chi connectivity index (χ3v) is 3.53. The van der Waals surface area contributed by atoms with Crippen LogP contribution < -0.4 is 10.6 Å². The lowest BCUT2D eigenvalue weighted by molar-refractivity contribution is -0.124. The SMILES string of the molecule is O=C(NCCc1cccc(Br)c1)C1CCNC1. The molecule has 0 spiro atoms. The van der Waals surface area contributed by atoms with Crippen LogP contribution in [-0.2, 0) is 11.2 Å². The van der Waals surface area contributed by atoms with Crippen molar-refractivity contribution in [2.45, 2.75) is 12.8 Å². The molecule has 0 aliphatic carbocycles. The normalized spacial score (nSPS) is 19.2. The van der Waals surface area contributed by atoms with E-state index < -0.39 is 0 Å². The summed E-state index contributed by atoms with van der Waals surface area (Å²) in [5.41, 5.74) is 1.24. The van der Waals surface area contributed by atoms with Gasteiger partial charge in [-0.3, -0.25) is 4.79 Å². The van der Waals surface area contributed by atoms with Gasteiger partial charge < -0.3 is 10.6 Å². The van der Waals surface area contributed by atoms with Gasteiger partial charge in [0.15, 0.2) is 0 Å². The maximum atomic E-state index is 11.7. The molecule has 1 fully saturated rings. The van der Waals surface area contributed by atoms with Crippen LogP contribution in [0.3, 0.4) is 0 Å². The molecule has 1 aromatic carbocycles. The highest BCUT2D eigenvalue weighted by atomic mass is 79.9. The van der Waals surface area contributed by atoms with Gasteiger partial charge in [0, 0.05) is 17.6 Å². The highest BCUT2D eigenvalue weighted by molar-refractivity contribution is 9.10. The Hall–Kier alpha value is -0.870. The van der Waals surface area contributed by atoms with Crippen LogP contribution in [0, 0.1) is 5.92 Å². The fraction of sp³-hybridized carbons (Fsp3) is 0.462. The molecule has 1 unspecified atom stereocenters. The van der Waals surface area contributed by atoms with Crippen molar-refractivity contribution < 1.29 is 4.79 Å². The number of nitrogens with one attached hydrogen (secondary N) is 2. The van der Waals surface area contributed by atoms with Crippen LogP contribution in [0.5, 0.6) is 0 Å². The predicted octanol–water partition coefficient (Wildman–Crippen LogP) is 1.72. The Labute approximate surface area is 110 Å². The second kappa shape index (κ2) is 6.17. The summed E-state index contributed by atoms with van der Waals surface area (Å²) in [5.74, 6) is 0.350. The largest absolute Gasteiger partial charge is 0.355 e. The molecule has 1 heterocycles. The minimum Gasteiger partial charge on any atom is -0.355 e. The summed E-state index contributed by atoms with van der Waals surface area (Å²) >= 11 is 3.44. The molecule has 1 amide bonds. The minimum atomic E-state index is 0.164. The smallest absolute Gasteiger partial charge is 0.224 e. The molecule has 1 aliphatic rings. The molecule has 2 rings (SSSR count). The lowest BCUT2D eigenvalue weighted by Crippen LogP contribution is -2.33. The monoisotopic (exact) mass is 296 g/mol. The number of carbonyl (C=O) groups excluding carboxylic acids is 1. The first kappa shape index (κ1) is 12.6. The minimum absolute atomic E-state index is 0.164. The van der Waals surface area contributed by atoms with E-state index in [1.807, 2.05) is 12.1 Å². The lowest BCUT2D eigenvalue weighted by Gasteiger charge is -2.09. The Morgan fingerprint density at radius 2 is 2.41 bits per heavy atom. The quantitative estimate of drug-likeness (QED) is 0.888. The van der Waals surface area contributed by atoms with Crippen LogP contribution in [-0.4, -0.2) is 25.5 Å². The standard InChI is InChI=1S/C13H17BrN2O/c14-12-3-1-2-10(8-12)4-7-16-13(17)11-5-6-15-9-11/h1-3,8,11,15H,4-7,9H2,(H,16,17). The molecule has 4 heteroatoms. The zero-order chi connectivity index (χ0) is 12.1. The Kier molecular flexibility index (Phi) is 4.57. The first-order chi connectivity index (χ1) is 8.25. The number of hydrogen-bond donors (Lipinski definition) is 2. The number of hydrogen-bond acceptors (Lipinski definition) is 2. The van der Waals surface area contributed by atoms with E-state index in [0.717, 1.165) is 30.4 Å². The zero-order valence-corrected chi connectivity index (χ0v) is 11.3. The average Bonchev–Trinajstić information content (AvgIpc) is 2.82. The molecule has 0 saturated carbocycles.